The van der Waals surface area contributed by atoms with Crippen molar-refractivity contribution < 1.29 is 9.52 Å². The number of terminal acetylenes is 1. The first-order chi connectivity index (χ1) is 7.34. The van der Waals surface area contributed by atoms with Crippen molar-refractivity contribution in [3.05, 3.63) is 24.2 Å². The largest absolute Gasteiger partial charge is 0.467 e. The van der Waals surface area contributed by atoms with Crippen LogP contribution in [0.2, 0.25) is 0 Å². The summed E-state index contributed by atoms with van der Waals surface area (Å²) in [5, 5.41) is 12.7. The molecule has 0 aliphatic rings. The fourth-order valence-electron chi connectivity index (χ4n) is 1.10. The van der Waals surface area contributed by atoms with Gasteiger partial charge in [0.1, 0.15) is 11.9 Å². The molecule has 0 aromatic carbocycles. The van der Waals surface area contributed by atoms with E-state index in [-0.39, 0.29) is 0 Å². The normalized spacial score (nSPS) is 12.3. The van der Waals surface area contributed by atoms with Gasteiger partial charge in [0.05, 0.1) is 12.0 Å². The Hall–Kier alpha value is -0.890. The van der Waals surface area contributed by atoms with Crippen molar-refractivity contribution in [2.75, 3.05) is 24.6 Å². The third-order valence-corrected chi connectivity index (χ3v) is 2.68. The number of hydrogen-bond donors (Lipinski definition) is 2. The topological polar surface area (TPSA) is 45.4 Å². The minimum absolute atomic E-state index is 0.504. The molecule has 1 heterocycles. The Labute approximate surface area is 94.2 Å². The Bertz CT molecular complexity index is 292. The van der Waals surface area contributed by atoms with Crippen LogP contribution >= 0.6 is 11.8 Å². The average molecular weight is 225 g/mol. The number of thioether (sulfide) groups is 1. The fourth-order valence-corrected chi connectivity index (χ4v) is 1.65. The molecule has 0 spiro atoms. The minimum Gasteiger partial charge on any atom is -0.467 e. The Kier molecular flexibility index (Phi) is 6.02. The molecule has 1 aromatic rings. The van der Waals surface area contributed by atoms with Crippen LogP contribution < -0.4 is 5.32 Å². The van der Waals surface area contributed by atoms with Crippen molar-refractivity contribution >= 4 is 11.8 Å². The predicted octanol–water partition coefficient (Wildman–Crippen LogP) is 1.27. The van der Waals surface area contributed by atoms with E-state index in [9.17, 15) is 5.11 Å². The molecule has 0 fully saturated rings. The van der Waals surface area contributed by atoms with Crippen molar-refractivity contribution in [2.24, 2.45) is 0 Å². The molecular formula is C11H15NO2S. The van der Waals surface area contributed by atoms with Crippen molar-refractivity contribution in [3.63, 3.8) is 0 Å². The van der Waals surface area contributed by atoms with Gasteiger partial charge in [-0.2, -0.15) is 0 Å². The number of rotatable bonds is 7. The van der Waals surface area contributed by atoms with Gasteiger partial charge in [-0.25, -0.2) is 0 Å². The lowest BCUT2D eigenvalue weighted by Gasteiger charge is -2.08. The molecule has 1 rings (SSSR count). The van der Waals surface area contributed by atoms with E-state index in [0.29, 0.717) is 12.3 Å². The standard InChI is InChI=1S/C11H15NO2S/c1-2-7-15-8-5-12-9-10(13)11-4-3-6-14-11/h1,3-4,6,10,12-13H,5,7-9H2. The molecule has 0 aliphatic carbocycles. The van der Waals surface area contributed by atoms with Crippen LogP contribution in [0.1, 0.15) is 11.9 Å². The molecule has 82 valence electrons. The highest BCUT2D eigenvalue weighted by Crippen LogP contribution is 2.11. The zero-order valence-corrected chi connectivity index (χ0v) is 9.30. The number of aliphatic hydroxyl groups is 1. The van der Waals surface area contributed by atoms with Crippen LogP contribution in [0, 0.1) is 12.3 Å². The molecule has 4 heteroatoms. The zero-order valence-electron chi connectivity index (χ0n) is 8.48. The van der Waals surface area contributed by atoms with Crippen LogP contribution in [0.15, 0.2) is 22.8 Å². The van der Waals surface area contributed by atoms with Gasteiger partial charge in [0.15, 0.2) is 0 Å². The molecule has 3 nitrogen and oxygen atoms in total. The van der Waals surface area contributed by atoms with Gasteiger partial charge in [-0.15, -0.1) is 18.2 Å². The summed E-state index contributed by atoms with van der Waals surface area (Å²) in [5.74, 6) is 4.85. The van der Waals surface area contributed by atoms with E-state index < -0.39 is 6.10 Å². The number of aliphatic hydroxyl groups excluding tert-OH is 1. The summed E-state index contributed by atoms with van der Waals surface area (Å²) >= 11 is 1.70. The van der Waals surface area contributed by atoms with Crippen LogP contribution in [-0.4, -0.2) is 29.7 Å². The SMILES string of the molecule is C#CCSCCNCC(O)c1ccco1. The number of hydrogen-bond acceptors (Lipinski definition) is 4. The highest BCUT2D eigenvalue weighted by atomic mass is 32.2. The van der Waals surface area contributed by atoms with E-state index in [0.717, 1.165) is 18.1 Å². The van der Waals surface area contributed by atoms with Gasteiger partial charge in [0, 0.05) is 18.8 Å². The fraction of sp³-hybridized carbons (Fsp3) is 0.455. The van der Waals surface area contributed by atoms with Gasteiger partial charge in [0.2, 0.25) is 0 Å². The van der Waals surface area contributed by atoms with E-state index in [1.807, 2.05) is 0 Å². The number of furan rings is 1. The van der Waals surface area contributed by atoms with E-state index in [1.165, 1.54) is 0 Å². The molecule has 2 N–H and O–H groups in total. The molecule has 1 unspecified atom stereocenters. The lowest BCUT2D eigenvalue weighted by atomic mass is 10.3. The van der Waals surface area contributed by atoms with Gasteiger partial charge in [-0.3, -0.25) is 0 Å². The van der Waals surface area contributed by atoms with Crippen LogP contribution in [0.4, 0.5) is 0 Å². The summed E-state index contributed by atoms with van der Waals surface area (Å²) < 4.78 is 5.07. The zero-order chi connectivity index (χ0) is 10.9. The van der Waals surface area contributed by atoms with Gasteiger partial charge < -0.3 is 14.8 Å². The highest BCUT2D eigenvalue weighted by molar-refractivity contribution is 7.99. The van der Waals surface area contributed by atoms with Crippen LogP contribution in [0.25, 0.3) is 0 Å². The molecular weight excluding hydrogens is 210 g/mol. The quantitative estimate of drug-likeness (QED) is 0.542. The van der Waals surface area contributed by atoms with Gasteiger partial charge in [-0.05, 0) is 12.1 Å². The summed E-state index contributed by atoms with van der Waals surface area (Å²) in [6.07, 6.45) is 6.10. The molecule has 0 saturated carbocycles. The Morgan fingerprint density at radius 2 is 2.53 bits per heavy atom. The Morgan fingerprint density at radius 3 is 3.20 bits per heavy atom. The molecule has 0 bridgehead atoms. The minimum atomic E-state index is -0.572. The summed E-state index contributed by atoms with van der Waals surface area (Å²) in [5.41, 5.74) is 0. The molecule has 1 aromatic heterocycles. The van der Waals surface area contributed by atoms with Gasteiger partial charge in [0.25, 0.3) is 0 Å². The summed E-state index contributed by atoms with van der Waals surface area (Å²) in [7, 11) is 0. The number of nitrogens with one attached hydrogen (secondary N) is 1. The summed E-state index contributed by atoms with van der Waals surface area (Å²) in [4.78, 5) is 0. The first kappa shape index (κ1) is 12.2. The molecule has 0 aliphatic heterocycles. The smallest absolute Gasteiger partial charge is 0.133 e. The maximum atomic E-state index is 9.62. The monoisotopic (exact) mass is 225 g/mol. The second kappa shape index (κ2) is 7.41. The van der Waals surface area contributed by atoms with Crippen LogP contribution in [0.5, 0.6) is 0 Å². The highest BCUT2D eigenvalue weighted by Gasteiger charge is 2.08. The molecule has 0 saturated heterocycles. The molecule has 0 amide bonds. The van der Waals surface area contributed by atoms with Crippen LogP contribution in [-0.2, 0) is 0 Å². The van der Waals surface area contributed by atoms with Gasteiger partial charge >= 0.3 is 0 Å². The average Bonchev–Trinajstić information content (AvgIpc) is 2.76. The Morgan fingerprint density at radius 1 is 1.67 bits per heavy atom. The van der Waals surface area contributed by atoms with Crippen molar-refractivity contribution in [3.8, 4) is 12.3 Å². The lowest BCUT2D eigenvalue weighted by Crippen LogP contribution is -2.23. The Balaban J connectivity index is 2.03. The van der Waals surface area contributed by atoms with Crippen molar-refractivity contribution in [1.82, 2.24) is 5.32 Å². The molecule has 0 radical (unpaired) electrons. The third kappa shape index (κ3) is 4.93. The van der Waals surface area contributed by atoms with Gasteiger partial charge in [-0.1, -0.05) is 5.92 Å². The maximum absolute atomic E-state index is 9.62. The molecule has 15 heavy (non-hydrogen) atoms. The maximum Gasteiger partial charge on any atom is 0.133 e. The second-order valence-electron chi connectivity index (χ2n) is 2.99. The van der Waals surface area contributed by atoms with Crippen molar-refractivity contribution in [1.29, 1.82) is 0 Å². The summed E-state index contributed by atoms with van der Waals surface area (Å²) in [6.45, 7) is 1.34. The summed E-state index contributed by atoms with van der Waals surface area (Å²) in [6, 6.07) is 3.53. The van der Waals surface area contributed by atoms with Crippen LogP contribution in [0.3, 0.4) is 0 Å². The van der Waals surface area contributed by atoms with E-state index in [1.54, 1.807) is 30.2 Å². The lowest BCUT2D eigenvalue weighted by molar-refractivity contribution is 0.148. The van der Waals surface area contributed by atoms with E-state index in [4.69, 9.17) is 10.8 Å². The first-order valence-corrected chi connectivity index (χ1v) is 5.93. The first-order valence-electron chi connectivity index (χ1n) is 4.78. The van der Waals surface area contributed by atoms with E-state index >= 15 is 0 Å². The second-order valence-corrected chi connectivity index (χ2v) is 4.10. The van der Waals surface area contributed by atoms with Crippen molar-refractivity contribution in [2.45, 2.75) is 6.10 Å². The predicted molar refractivity (Wildman–Crippen MR) is 62.7 cm³/mol. The third-order valence-electron chi connectivity index (χ3n) is 1.82. The molecule has 1 atom stereocenters. The van der Waals surface area contributed by atoms with E-state index in [2.05, 4.69) is 11.2 Å².